The molecule has 0 unspecified atom stereocenters. The van der Waals surface area contributed by atoms with Gasteiger partial charge < -0.3 is 43.4 Å². The van der Waals surface area contributed by atoms with Crippen LogP contribution in [0, 0.1) is 0 Å². The first-order chi connectivity index (χ1) is 1.73. The Labute approximate surface area is 62.4 Å². The van der Waals surface area contributed by atoms with Crippen LogP contribution in [-0.2, 0) is 4.79 Å². The van der Waals surface area contributed by atoms with Crippen molar-refractivity contribution < 1.29 is 48.2 Å². The third-order valence-corrected chi connectivity index (χ3v) is 0. The molecule has 80 valence electrons. The highest BCUT2D eigenvalue weighted by Crippen LogP contribution is 1.42. The van der Waals surface area contributed by atoms with E-state index in [0.29, 0.717) is 0 Å². The largest absolute Gasteiger partial charge is 0.481 e. The summed E-state index contributed by atoms with van der Waals surface area (Å²) in [5, 5.41) is 7.42. The molecule has 0 heterocycles. The first-order valence-electron chi connectivity index (χ1n) is 0.928. The van der Waals surface area contributed by atoms with Gasteiger partial charge in [0.05, 0.1) is 0 Å². The number of rotatable bonds is 0. The summed E-state index contributed by atoms with van der Waals surface area (Å²) in [6.45, 7) is 1.08. The molecule has 0 bridgehead atoms. The molecule has 0 aromatic carbocycles. The molecular formula is C2H18O9. The number of carboxylic acids is 1. The molecule has 0 fully saturated rings. The Morgan fingerprint density at radius 1 is 0.818 bits per heavy atom. The maximum atomic E-state index is 9.00. The van der Waals surface area contributed by atoms with Crippen LogP contribution < -0.4 is 0 Å². The van der Waals surface area contributed by atoms with E-state index >= 15 is 0 Å². The van der Waals surface area contributed by atoms with E-state index in [1.54, 1.807) is 0 Å². The summed E-state index contributed by atoms with van der Waals surface area (Å²) >= 11 is 0. The summed E-state index contributed by atoms with van der Waals surface area (Å²) in [7, 11) is 0. The topological polar surface area (TPSA) is 258 Å². The van der Waals surface area contributed by atoms with Crippen molar-refractivity contribution in [1.82, 2.24) is 0 Å². The molecule has 0 rings (SSSR count). The molecule has 11 heavy (non-hydrogen) atoms. The zero-order valence-electron chi connectivity index (χ0n) is 5.86. The van der Waals surface area contributed by atoms with Crippen LogP contribution in [-0.4, -0.2) is 49.4 Å². The molecule has 0 saturated carbocycles. The minimum absolute atomic E-state index is 0. The fourth-order valence-corrected chi connectivity index (χ4v) is 0. The number of hydrogen-bond donors (Lipinski definition) is 1. The minimum Gasteiger partial charge on any atom is -0.481 e. The van der Waals surface area contributed by atoms with Gasteiger partial charge in [-0.3, -0.25) is 4.79 Å². The first kappa shape index (κ1) is 179. The normalized spacial score (nSPS) is 2.27. The van der Waals surface area contributed by atoms with Crippen LogP contribution in [0.1, 0.15) is 6.92 Å². The zero-order valence-corrected chi connectivity index (χ0v) is 5.86. The Bertz CT molecular complexity index is 30.5. The lowest BCUT2D eigenvalue weighted by molar-refractivity contribution is -0.134. The predicted molar refractivity (Wildman–Crippen MR) is 38.6 cm³/mol. The fraction of sp³-hybridized carbons (Fsp3) is 0.500. The molecule has 0 aliphatic heterocycles. The molecule has 0 spiro atoms. The number of aliphatic carboxylic acids is 1. The van der Waals surface area contributed by atoms with Gasteiger partial charge in [0, 0.05) is 6.92 Å². The van der Waals surface area contributed by atoms with Crippen molar-refractivity contribution in [2.75, 3.05) is 0 Å². The third-order valence-electron chi connectivity index (χ3n) is 0. The molecule has 15 N–H and O–H groups in total. The SMILES string of the molecule is CC(=O)O.O.O.O.O.O.O.O. The second-order valence-electron chi connectivity index (χ2n) is 0.519. The maximum absolute atomic E-state index is 9.00. The van der Waals surface area contributed by atoms with E-state index in [-0.39, 0.29) is 38.3 Å². The van der Waals surface area contributed by atoms with Crippen molar-refractivity contribution in [3.63, 3.8) is 0 Å². The van der Waals surface area contributed by atoms with Gasteiger partial charge in [0.2, 0.25) is 0 Å². The van der Waals surface area contributed by atoms with Gasteiger partial charge in [-0.25, -0.2) is 0 Å². The number of carbonyl (C=O) groups is 1. The lowest BCUT2D eigenvalue weighted by Crippen LogP contribution is -1.78. The Kier molecular flexibility index (Phi) is 2100. The fourth-order valence-electron chi connectivity index (χ4n) is 0. The Hall–Kier alpha value is -0.810. The Morgan fingerprint density at radius 2 is 0.818 bits per heavy atom. The van der Waals surface area contributed by atoms with Crippen molar-refractivity contribution in [3.05, 3.63) is 0 Å². The van der Waals surface area contributed by atoms with Crippen molar-refractivity contribution >= 4 is 5.97 Å². The monoisotopic (exact) mass is 186 g/mol. The second-order valence-corrected chi connectivity index (χ2v) is 0.519. The van der Waals surface area contributed by atoms with Gasteiger partial charge in [-0.05, 0) is 0 Å². The predicted octanol–water partition coefficient (Wildman–Crippen LogP) is -5.68. The van der Waals surface area contributed by atoms with E-state index in [9.17, 15) is 0 Å². The van der Waals surface area contributed by atoms with Crippen LogP contribution in [0.25, 0.3) is 0 Å². The molecule has 0 aliphatic carbocycles. The van der Waals surface area contributed by atoms with E-state index in [4.69, 9.17) is 9.90 Å². The van der Waals surface area contributed by atoms with Gasteiger partial charge in [-0.1, -0.05) is 0 Å². The molecule has 9 heteroatoms. The third kappa shape index (κ3) is 724. The van der Waals surface area contributed by atoms with Crippen LogP contribution >= 0.6 is 0 Å². The standard InChI is InChI=1S/C2H4O2.7H2O/c1-2(3)4;;;;;;;/h1H3,(H,3,4);7*1H2. The maximum Gasteiger partial charge on any atom is 0.300 e. The average molecular weight is 186 g/mol. The summed E-state index contributed by atoms with van der Waals surface area (Å²) in [6.07, 6.45) is 0. The van der Waals surface area contributed by atoms with E-state index in [0.717, 1.165) is 6.92 Å². The van der Waals surface area contributed by atoms with Gasteiger partial charge in [0.1, 0.15) is 0 Å². The van der Waals surface area contributed by atoms with Crippen LogP contribution in [0.3, 0.4) is 0 Å². The van der Waals surface area contributed by atoms with Crippen molar-refractivity contribution in [1.29, 1.82) is 0 Å². The average Bonchev–Trinajstić information content (AvgIpc) is 0.811. The highest BCUT2D eigenvalue weighted by atomic mass is 16.4. The minimum atomic E-state index is -0.833. The molecule has 0 aromatic rings. The summed E-state index contributed by atoms with van der Waals surface area (Å²) in [6, 6.07) is 0. The number of carboxylic acid groups (broad SMARTS) is 1. The van der Waals surface area contributed by atoms with Crippen LogP contribution in [0.2, 0.25) is 0 Å². The van der Waals surface area contributed by atoms with Gasteiger partial charge in [0.15, 0.2) is 0 Å². The molecule has 0 atom stereocenters. The summed E-state index contributed by atoms with van der Waals surface area (Å²) in [5.41, 5.74) is 0. The van der Waals surface area contributed by atoms with Gasteiger partial charge in [-0.2, -0.15) is 0 Å². The molecule has 0 amide bonds. The lowest BCUT2D eigenvalue weighted by atomic mass is 10.9. The van der Waals surface area contributed by atoms with Gasteiger partial charge in [-0.15, -0.1) is 0 Å². The molecular weight excluding hydrogens is 168 g/mol. The summed E-state index contributed by atoms with van der Waals surface area (Å²) in [4.78, 5) is 9.00. The number of hydrogen-bond acceptors (Lipinski definition) is 1. The van der Waals surface area contributed by atoms with Gasteiger partial charge in [0.25, 0.3) is 5.97 Å². The first-order valence-corrected chi connectivity index (χ1v) is 0.928. The Morgan fingerprint density at radius 3 is 0.818 bits per heavy atom. The van der Waals surface area contributed by atoms with E-state index < -0.39 is 5.97 Å². The summed E-state index contributed by atoms with van der Waals surface area (Å²) < 4.78 is 0. The second kappa shape index (κ2) is 129. The van der Waals surface area contributed by atoms with Crippen molar-refractivity contribution in [2.45, 2.75) is 6.92 Å². The zero-order chi connectivity index (χ0) is 3.58. The van der Waals surface area contributed by atoms with E-state index in [1.807, 2.05) is 0 Å². The lowest BCUT2D eigenvalue weighted by Gasteiger charge is -1.59. The van der Waals surface area contributed by atoms with Gasteiger partial charge >= 0.3 is 0 Å². The quantitative estimate of drug-likeness (QED) is 0.387. The highest BCUT2D eigenvalue weighted by Gasteiger charge is 1.65. The molecule has 0 aromatic heterocycles. The smallest absolute Gasteiger partial charge is 0.300 e. The van der Waals surface area contributed by atoms with E-state index in [2.05, 4.69) is 0 Å². The Balaban J connectivity index is -0.00000000214. The van der Waals surface area contributed by atoms with E-state index in [1.165, 1.54) is 0 Å². The highest BCUT2D eigenvalue weighted by molar-refractivity contribution is 5.62. The molecule has 0 saturated heterocycles. The molecule has 0 aliphatic rings. The molecule has 0 radical (unpaired) electrons. The van der Waals surface area contributed by atoms with Crippen molar-refractivity contribution in [2.24, 2.45) is 0 Å². The summed E-state index contributed by atoms with van der Waals surface area (Å²) in [5.74, 6) is -0.833. The van der Waals surface area contributed by atoms with Crippen LogP contribution in [0.4, 0.5) is 0 Å². The molecule has 9 nitrogen and oxygen atoms in total. The van der Waals surface area contributed by atoms with Crippen LogP contribution in [0.15, 0.2) is 0 Å². The van der Waals surface area contributed by atoms with Crippen molar-refractivity contribution in [3.8, 4) is 0 Å². The van der Waals surface area contributed by atoms with Crippen LogP contribution in [0.5, 0.6) is 0 Å².